The third-order valence-corrected chi connectivity index (χ3v) is 10.1. The van der Waals surface area contributed by atoms with Crippen molar-refractivity contribution >= 4 is 33.4 Å². The van der Waals surface area contributed by atoms with E-state index >= 15 is 0 Å². The van der Waals surface area contributed by atoms with Gasteiger partial charge in [0, 0.05) is 24.9 Å². The number of ether oxygens (including phenoxy) is 3. The van der Waals surface area contributed by atoms with Crippen LogP contribution >= 0.6 is 23.4 Å². The number of nitrogens with zero attached hydrogens (tertiary/aromatic N) is 5. The summed E-state index contributed by atoms with van der Waals surface area (Å²) < 4.78 is 44.4. The Bertz CT molecular complexity index is 1110. The van der Waals surface area contributed by atoms with E-state index in [0.29, 0.717) is 40.7 Å². The summed E-state index contributed by atoms with van der Waals surface area (Å²) in [6.07, 6.45) is 7.17. The van der Waals surface area contributed by atoms with E-state index in [4.69, 9.17) is 25.8 Å². The maximum Gasteiger partial charge on any atom is 0.227 e. The van der Waals surface area contributed by atoms with Gasteiger partial charge >= 0.3 is 0 Å². The second-order valence-corrected chi connectivity index (χ2v) is 12.4. The molecule has 1 N–H and O–H groups in total. The molecular weight excluding hydrogens is 528 g/mol. The molecule has 5 atom stereocenters. The van der Waals surface area contributed by atoms with E-state index in [1.54, 1.807) is 30.6 Å². The van der Waals surface area contributed by atoms with Crippen molar-refractivity contribution in [3.8, 4) is 11.8 Å². The molecule has 4 heterocycles. The Morgan fingerprint density at radius 2 is 1.81 bits per heavy atom. The Morgan fingerprint density at radius 1 is 1.14 bits per heavy atom. The zero-order valence-electron chi connectivity index (χ0n) is 20.6. The van der Waals surface area contributed by atoms with Gasteiger partial charge in [0.2, 0.25) is 21.8 Å². The van der Waals surface area contributed by atoms with Crippen molar-refractivity contribution in [2.24, 2.45) is 0 Å². The summed E-state index contributed by atoms with van der Waals surface area (Å²) >= 11 is 7.52. The molecule has 2 aromatic heterocycles. The summed E-state index contributed by atoms with van der Waals surface area (Å²) in [5.41, 5.74) is 0.580. The highest BCUT2D eigenvalue weighted by Crippen LogP contribution is 2.48. The molecule has 0 aromatic carbocycles. The first-order valence-electron chi connectivity index (χ1n) is 11.7. The maximum absolute atomic E-state index is 13.6. The topological polar surface area (TPSA) is 129 Å². The molecule has 0 amide bonds. The van der Waals surface area contributed by atoms with Crippen LogP contribution in [0, 0.1) is 0 Å². The summed E-state index contributed by atoms with van der Waals surface area (Å²) in [6, 6.07) is -0.478. The Balaban J connectivity index is 1.66. The number of halogens is 1. The lowest BCUT2D eigenvalue weighted by atomic mass is 9.96. The lowest BCUT2D eigenvalue weighted by Crippen LogP contribution is -2.48. The van der Waals surface area contributed by atoms with Crippen molar-refractivity contribution in [2.75, 3.05) is 26.7 Å². The molecule has 2 aliphatic rings. The quantitative estimate of drug-likeness (QED) is 0.487. The van der Waals surface area contributed by atoms with Gasteiger partial charge in [0.1, 0.15) is 12.2 Å². The zero-order chi connectivity index (χ0) is 25.9. The molecule has 36 heavy (non-hydrogen) atoms. The van der Waals surface area contributed by atoms with Crippen LogP contribution in [0.25, 0.3) is 0 Å². The van der Waals surface area contributed by atoms with E-state index in [-0.39, 0.29) is 11.4 Å². The van der Waals surface area contributed by atoms with Gasteiger partial charge in [0.15, 0.2) is 0 Å². The highest BCUT2D eigenvalue weighted by atomic mass is 35.5. The fourth-order valence-corrected chi connectivity index (χ4v) is 7.44. The van der Waals surface area contributed by atoms with Crippen molar-refractivity contribution < 1.29 is 22.6 Å². The van der Waals surface area contributed by atoms with Crippen molar-refractivity contribution in [2.45, 2.75) is 61.7 Å². The van der Waals surface area contributed by atoms with Crippen molar-refractivity contribution in [1.82, 2.24) is 29.8 Å². The molecule has 11 nitrogen and oxygen atoms in total. The molecule has 2 aromatic rings. The van der Waals surface area contributed by atoms with Crippen LogP contribution in [0.5, 0.6) is 11.8 Å². The zero-order valence-corrected chi connectivity index (χ0v) is 23.0. The number of rotatable bonds is 9. The fraction of sp³-hybridized carbons (Fsp3) is 0.636. The van der Waals surface area contributed by atoms with Gasteiger partial charge in [-0.2, -0.15) is 0 Å². The van der Waals surface area contributed by atoms with Gasteiger partial charge < -0.3 is 14.2 Å². The molecule has 0 saturated carbocycles. The van der Waals surface area contributed by atoms with Crippen molar-refractivity contribution in [1.29, 1.82) is 0 Å². The van der Waals surface area contributed by atoms with Gasteiger partial charge in [-0.05, 0) is 26.2 Å². The van der Waals surface area contributed by atoms with E-state index in [1.807, 2.05) is 0 Å². The number of aromatic nitrogens is 4. The Morgan fingerprint density at radius 3 is 2.39 bits per heavy atom. The maximum atomic E-state index is 13.6. The molecule has 2 fully saturated rings. The molecule has 0 radical (unpaired) electrons. The molecule has 0 aliphatic carbocycles. The number of thioether (sulfide) groups is 1. The van der Waals surface area contributed by atoms with Gasteiger partial charge in [-0.1, -0.05) is 18.5 Å². The molecule has 3 unspecified atom stereocenters. The second kappa shape index (κ2) is 11.7. The van der Waals surface area contributed by atoms with Crippen LogP contribution in [-0.2, 0) is 14.8 Å². The van der Waals surface area contributed by atoms with Crippen LogP contribution in [0.1, 0.15) is 56.5 Å². The minimum Gasteiger partial charge on any atom is -0.481 e. The first kappa shape index (κ1) is 27.3. The Kier molecular flexibility index (Phi) is 8.89. The first-order valence-corrected chi connectivity index (χ1v) is 14.7. The van der Waals surface area contributed by atoms with Gasteiger partial charge in [-0.3, -0.25) is 0 Å². The van der Waals surface area contributed by atoms with Crippen LogP contribution in [-0.4, -0.2) is 76.7 Å². The summed E-state index contributed by atoms with van der Waals surface area (Å²) in [6.45, 7) is 4.09. The van der Waals surface area contributed by atoms with Crippen LogP contribution < -0.4 is 14.3 Å². The van der Waals surface area contributed by atoms with Crippen LogP contribution in [0.15, 0.2) is 18.7 Å². The van der Waals surface area contributed by atoms with Crippen LogP contribution in [0.4, 0.5) is 0 Å². The molecule has 4 rings (SSSR count). The van der Waals surface area contributed by atoms with Crippen LogP contribution in [0.2, 0.25) is 5.02 Å². The molecule has 2 saturated heterocycles. The Hall–Kier alpha value is -1.77. The summed E-state index contributed by atoms with van der Waals surface area (Å²) in [4.78, 5) is 19.8. The van der Waals surface area contributed by atoms with E-state index < -0.39 is 27.2 Å². The summed E-state index contributed by atoms with van der Waals surface area (Å²) in [5.74, 6) is 0.979. The second-order valence-electron chi connectivity index (χ2n) is 8.78. The summed E-state index contributed by atoms with van der Waals surface area (Å²) in [5, 5.41) is 1.16. The lowest BCUT2D eigenvalue weighted by molar-refractivity contribution is 0.00128. The summed E-state index contributed by atoms with van der Waals surface area (Å²) in [7, 11) is -0.814. The van der Waals surface area contributed by atoms with E-state index in [2.05, 4.69) is 24.8 Å². The number of hydrogen-bond acceptors (Lipinski definition) is 11. The van der Waals surface area contributed by atoms with Crippen molar-refractivity contribution in [3.05, 3.63) is 35.1 Å². The normalized spacial score (nSPS) is 24.9. The average Bonchev–Trinajstić information content (AvgIpc) is 3.30. The first-order chi connectivity index (χ1) is 17.3. The predicted molar refractivity (Wildman–Crippen MR) is 137 cm³/mol. The van der Waals surface area contributed by atoms with Crippen molar-refractivity contribution in [3.63, 3.8) is 0 Å². The highest BCUT2D eigenvalue weighted by Gasteiger charge is 2.47. The fourth-order valence-electron chi connectivity index (χ4n) is 4.48. The largest absolute Gasteiger partial charge is 0.481 e. The van der Waals surface area contributed by atoms with E-state index in [0.717, 1.165) is 19.3 Å². The molecular formula is C22H31ClN6O5S2. The van der Waals surface area contributed by atoms with Gasteiger partial charge in [-0.15, -0.1) is 16.6 Å². The smallest absolute Gasteiger partial charge is 0.227 e. The van der Waals surface area contributed by atoms with E-state index in [1.165, 1.54) is 32.9 Å². The predicted octanol–water partition coefficient (Wildman–Crippen LogP) is 2.95. The number of methoxy groups -OCH3 is 2. The minimum atomic E-state index is -3.85. The third kappa shape index (κ3) is 5.70. The van der Waals surface area contributed by atoms with Gasteiger partial charge in [-0.25, -0.2) is 33.4 Å². The lowest BCUT2D eigenvalue weighted by Gasteiger charge is -2.34. The number of sulfonamides is 1. The van der Waals surface area contributed by atoms with Crippen LogP contribution in [0.3, 0.4) is 0 Å². The SMILES string of the molecule is COc1ncnc(OC)c1C1C(C2CCCCO2)SCN1NS(=O)(=O)[C@@H](C)[C@H](C)c1ncc(Cl)cn1. The molecule has 198 valence electrons. The third-order valence-electron chi connectivity index (χ3n) is 6.61. The Labute approximate surface area is 220 Å². The van der Waals surface area contributed by atoms with Gasteiger partial charge in [0.25, 0.3) is 0 Å². The average molecular weight is 559 g/mol. The molecule has 14 heteroatoms. The number of hydrogen-bond donors (Lipinski definition) is 1. The molecule has 0 bridgehead atoms. The minimum absolute atomic E-state index is 0.0586. The number of nitrogens with one attached hydrogen (secondary N) is 1. The molecule has 0 spiro atoms. The van der Waals surface area contributed by atoms with E-state index in [9.17, 15) is 8.42 Å². The standard InChI is InChI=1S/C22H31ClN6O5S2/c1-13(20-24-9-15(23)10-25-20)14(2)36(30,31)28-29-12-35-19(16-7-5-6-8-34-16)18(29)17-21(32-3)26-11-27-22(17)33-4/h9-11,13-14,16,18-19,28H,5-8,12H2,1-4H3/t13-,14-,16?,18?,19?/m0/s1. The monoisotopic (exact) mass is 558 g/mol. The van der Waals surface area contributed by atoms with Gasteiger partial charge in [0.05, 0.1) is 53.3 Å². The highest BCUT2D eigenvalue weighted by molar-refractivity contribution is 8.00. The molecule has 2 aliphatic heterocycles. The number of hydrazine groups is 1.